The van der Waals surface area contributed by atoms with Crippen molar-refractivity contribution in [2.24, 2.45) is 5.92 Å². The molecule has 31 heavy (non-hydrogen) atoms. The minimum absolute atomic E-state index is 0.265. The molecule has 0 atom stereocenters. The lowest BCUT2D eigenvalue weighted by atomic mass is 9.77. The number of halogens is 1. The number of hydrogen-bond donors (Lipinski definition) is 1. The normalized spacial score (nSPS) is 18.8. The van der Waals surface area contributed by atoms with E-state index in [-0.39, 0.29) is 5.75 Å². The summed E-state index contributed by atoms with van der Waals surface area (Å²) in [6.07, 6.45) is 11.0. The van der Waals surface area contributed by atoms with Gasteiger partial charge in [0.15, 0.2) is 0 Å². The van der Waals surface area contributed by atoms with E-state index in [4.69, 9.17) is 11.6 Å². The third-order valence-corrected chi connectivity index (χ3v) is 7.24. The smallest absolute Gasteiger partial charge is 0.115 e. The lowest BCUT2D eigenvalue weighted by molar-refractivity contribution is 0.303. The van der Waals surface area contributed by atoms with Gasteiger partial charge in [-0.3, -0.25) is 0 Å². The summed E-state index contributed by atoms with van der Waals surface area (Å²) in [6, 6.07) is 22.5. The molecule has 162 valence electrons. The van der Waals surface area contributed by atoms with Gasteiger partial charge in [0, 0.05) is 10.6 Å². The number of phenols is 1. The van der Waals surface area contributed by atoms with Gasteiger partial charge in [0.05, 0.1) is 0 Å². The van der Waals surface area contributed by atoms with E-state index in [1.807, 2.05) is 18.2 Å². The summed E-state index contributed by atoms with van der Waals surface area (Å²) in [5, 5.41) is 10.2. The van der Waals surface area contributed by atoms with E-state index in [0.717, 1.165) is 33.5 Å². The highest BCUT2D eigenvalue weighted by Crippen LogP contribution is 2.39. The van der Waals surface area contributed by atoms with Crippen LogP contribution in [-0.2, 0) is 0 Å². The summed E-state index contributed by atoms with van der Waals surface area (Å²) in [4.78, 5) is 0. The molecular weight excluding hydrogens is 400 g/mol. The average Bonchev–Trinajstić information content (AvgIpc) is 2.81. The van der Waals surface area contributed by atoms with Crippen LogP contribution < -0.4 is 0 Å². The first-order valence-corrected chi connectivity index (χ1v) is 12.2. The average molecular weight is 433 g/mol. The van der Waals surface area contributed by atoms with Gasteiger partial charge in [0.25, 0.3) is 0 Å². The molecule has 0 heterocycles. The van der Waals surface area contributed by atoms with Gasteiger partial charge in [0.2, 0.25) is 0 Å². The van der Waals surface area contributed by atoms with Crippen LogP contribution in [0.2, 0.25) is 5.02 Å². The highest BCUT2D eigenvalue weighted by Gasteiger charge is 2.22. The highest BCUT2D eigenvalue weighted by atomic mass is 35.5. The number of benzene rings is 3. The molecule has 3 aromatic carbocycles. The van der Waals surface area contributed by atoms with E-state index >= 15 is 0 Å². The monoisotopic (exact) mass is 432 g/mol. The molecule has 0 aliphatic heterocycles. The predicted molar refractivity (Wildman–Crippen MR) is 133 cm³/mol. The standard InChI is InChI=1S/C29H33ClO/c1-2-3-4-5-21-6-8-22(9-7-21)23-10-12-24(13-11-23)26-16-19-28(29(30)20-26)25-14-17-27(31)18-15-25/h10-22,31H,2-9H2,1H3/t21-,22-. The fraction of sp³-hybridized carbons (Fsp3) is 0.379. The molecule has 1 aliphatic rings. The van der Waals surface area contributed by atoms with E-state index in [1.165, 1.54) is 62.5 Å². The van der Waals surface area contributed by atoms with Crippen molar-refractivity contribution in [2.75, 3.05) is 0 Å². The number of hydrogen-bond acceptors (Lipinski definition) is 1. The van der Waals surface area contributed by atoms with Gasteiger partial charge in [-0.15, -0.1) is 0 Å². The minimum atomic E-state index is 0.265. The van der Waals surface area contributed by atoms with E-state index in [2.05, 4.69) is 43.3 Å². The maximum absolute atomic E-state index is 9.51. The molecule has 0 saturated heterocycles. The third-order valence-electron chi connectivity index (χ3n) is 6.93. The van der Waals surface area contributed by atoms with Crippen LogP contribution in [0.1, 0.15) is 69.8 Å². The van der Waals surface area contributed by atoms with Crippen LogP contribution in [0.4, 0.5) is 0 Å². The molecule has 2 heteroatoms. The molecule has 1 nitrogen and oxygen atoms in total. The molecule has 0 amide bonds. The summed E-state index contributed by atoms with van der Waals surface area (Å²) in [7, 11) is 0. The van der Waals surface area contributed by atoms with Crippen molar-refractivity contribution in [1.82, 2.24) is 0 Å². The zero-order valence-electron chi connectivity index (χ0n) is 18.5. The molecule has 0 unspecified atom stereocenters. The van der Waals surface area contributed by atoms with E-state index in [1.54, 1.807) is 12.1 Å². The van der Waals surface area contributed by atoms with Gasteiger partial charge >= 0.3 is 0 Å². The number of phenolic OH excluding ortho intramolecular Hbond substituents is 1. The van der Waals surface area contributed by atoms with Crippen LogP contribution in [0.15, 0.2) is 66.7 Å². The van der Waals surface area contributed by atoms with Crippen LogP contribution in [0.25, 0.3) is 22.3 Å². The molecule has 1 saturated carbocycles. The molecule has 4 rings (SSSR count). The lowest BCUT2D eigenvalue weighted by Crippen LogP contribution is -2.13. The second kappa shape index (κ2) is 10.4. The van der Waals surface area contributed by atoms with Crippen molar-refractivity contribution in [3.05, 3.63) is 77.3 Å². The van der Waals surface area contributed by atoms with Crippen molar-refractivity contribution in [3.8, 4) is 28.0 Å². The first-order valence-electron chi connectivity index (χ1n) is 11.8. The molecule has 0 radical (unpaired) electrons. The van der Waals surface area contributed by atoms with Crippen molar-refractivity contribution >= 4 is 11.6 Å². The fourth-order valence-electron chi connectivity index (χ4n) is 4.98. The van der Waals surface area contributed by atoms with Crippen LogP contribution in [0, 0.1) is 5.92 Å². The Morgan fingerprint density at radius 3 is 2.06 bits per heavy atom. The van der Waals surface area contributed by atoms with Crippen LogP contribution >= 0.6 is 11.6 Å². The first kappa shape index (κ1) is 22.0. The largest absolute Gasteiger partial charge is 0.508 e. The number of aromatic hydroxyl groups is 1. The maximum atomic E-state index is 9.51. The molecular formula is C29H33ClO. The van der Waals surface area contributed by atoms with Crippen molar-refractivity contribution in [1.29, 1.82) is 0 Å². The third kappa shape index (κ3) is 5.52. The molecule has 3 aromatic rings. The van der Waals surface area contributed by atoms with Crippen molar-refractivity contribution < 1.29 is 5.11 Å². The Bertz CT molecular complexity index is 967. The predicted octanol–water partition coefficient (Wildman–Crippen LogP) is 9.23. The van der Waals surface area contributed by atoms with Crippen LogP contribution in [0.3, 0.4) is 0 Å². The maximum Gasteiger partial charge on any atom is 0.115 e. The molecule has 1 N–H and O–H groups in total. The Balaban J connectivity index is 1.40. The Hall–Kier alpha value is -2.25. The Labute approximate surface area is 192 Å². The van der Waals surface area contributed by atoms with Crippen LogP contribution in [-0.4, -0.2) is 5.11 Å². The molecule has 1 fully saturated rings. The van der Waals surface area contributed by atoms with Gasteiger partial charge in [-0.25, -0.2) is 0 Å². The molecule has 0 aromatic heterocycles. The summed E-state index contributed by atoms with van der Waals surface area (Å²) < 4.78 is 0. The topological polar surface area (TPSA) is 20.2 Å². The summed E-state index contributed by atoms with van der Waals surface area (Å²) in [5.74, 6) is 1.94. The van der Waals surface area contributed by atoms with Crippen molar-refractivity contribution in [2.45, 2.75) is 64.2 Å². The Kier molecular flexibility index (Phi) is 7.35. The highest BCUT2D eigenvalue weighted by molar-refractivity contribution is 6.33. The van der Waals surface area contributed by atoms with Crippen molar-refractivity contribution in [3.63, 3.8) is 0 Å². The van der Waals surface area contributed by atoms with E-state index < -0.39 is 0 Å². The summed E-state index contributed by atoms with van der Waals surface area (Å²) in [6.45, 7) is 2.29. The van der Waals surface area contributed by atoms with Gasteiger partial charge in [0.1, 0.15) is 5.75 Å². The number of unbranched alkanes of at least 4 members (excludes halogenated alkanes) is 2. The summed E-state index contributed by atoms with van der Waals surface area (Å²) >= 11 is 6.60. The molecule has 0 bridgehead atoms. The fourth-order valence-corrected chi connectivity index (χ4v) is 5.27. The van der Waals surface area contributed by atoms with Crippen LogP contribution in [0.5, 0.6) is 5.75 Å². The SMILES string of the molecule is CCCCC[C@H]1CC[C@H](c2ccc(-c3ccc(-c4ccc(O)cc4)c(Cl)c3)cc2)CC1. The molecule has 1 aliphatic carbocycles. The molecule has 0 spiro atoms. The van der Waals surface area contributed by atoms with E-state index in [9.17, 15) is 5.11 Å². The zero-order valence-corrected chi connectivity index (χ0v) is 19.2. The van der Waals surface area contributed by atoms with Gasteiger partial charge in [-0.05, 0) is 78.0 Å². The van der Waals surface area contributed by atoms with Gasteiger partial charge in [-0.1, -0.05) is 92.7 Å². The minimum Gasteiger partial charge on any atom is -0.508 e. The quantitative estimate of drug-likeness (QED) is 0.369. The second-order valence-corrected chi connectivity index (χ2v) is 9.48. The second-order valence-electron chi connectivity index (χ2n) is 9.08. The Morgan fingerprint density at radius 2 is 1.42 bits per heavy atom. The zero-order chi connectivity index (χ0) is 21.6. The van der Waals surface area contributed by atoms with Gasteiger partial charge < -0.3 is 5.11 Å². The first-order chi connectivity index (χ1) is 15.1. The lowest BCUT2D eigenvalue weighted by Gasteiger charge is -2.29. The number of rotatable bonds is 7. The Morgan fingerprint density at radius 1 is 0.774 bits per heavy atom. The van der Waals surface area contributed by atoms with E-state index in [0.29, 0.717) is 0 Å². The van der Waals surface area contributed by atoms with Gasteiger partial charge in [-0.2, -0.15) is 0 Å². The summed E-state index contributed by atoms with van der Waals surface area (Å²) in [5.41, 5.74) is 5.82.